The summed E-state index contributed by atoms with van der Waals surface area (Å²) in [6.07, 6.45) is -5.95. The standard InChI is InChI=1S/C14H17ClF3NO3/c1-8(2)22-12-10(15)5-4-6-11(12)19-13(20)9(3)21-7-14(16,17)18/h4-6,8-9H,7H2,1-3H3,(H,19,20). The average Bonchev–Trinajstić information content (AvgIpc) is 2.38. The highest BCUT2D eigenvalue weighted by atomic mass is 35.5. The van der Waals surface area contributed by atoms with Crippen LogP contribution in [-0.4, -0.2) is 30.9 Å². The third-order valence-corrected chi connectivity index (χ3v) is 2.74. The van der Waals surface area contributed by atoms with E-state index in [0.717, 1.165) is 0 Å². The van der Waals surface area contributed by atoms with Gasteiger partial charge >= 0.3 is 6.18 Å². The molecule has 0 spiro atoms. The predicted molar refractivity (Wildman–Crippen MR) is 77.3 cm³/mol. The van der Waals surface area contributed by atoms with Gasteiger partial charge in [-0.25, -0.2) is 0 Å². The Balaban J connectivity index is 2.77. The molecule has 1 amide bonds. The number of hydrogen-bond acceptors (Lipinski definition) is 3. The van der Waals surface area contributed by atoms with E-state index in [-0.39, 0.29) is 22.6 Å². The number of anilines is 1. The molecule has 1 rings (SSSR count). The lowest BCUT2D eigenvalue weighted by Gasteiger charge is -2.18. The summed E-state index contributed by atoms with van der Waals surface area (Å²) in [5, 5.41) is 2.74. The molecule has 1 unspecified atom stereocenters. The maximum atomic E-state index is 12.1. The van der Waals surface area contributed by atoms with Crippen molar-refractivity contribution in [2.45, 2.75) is 39.2 Å². The fourth-order valence-electron chi connectivity index (χ4n) is 1.49. The summed E-state index contributed by atoms with van der Waals surface area (Å²) in [6, 6.07) is 4.71. The molecule has 0 aromatic heterocycles. The Hall–Kier alpha value is -1.47. The Kier molecular flexibility index (Phi) is 6.49. The van der Waals surface area contributed by atoms with E-state index < -0.39 is 24.8 Å². The monoisotopic (exact) mass is 339 g/mol. The van der Waals surface area contributed by atoms with Crippen molar-refractivity contribution in [3.05, 3.63) is 23.2 Å². The Bertz CT molecular complexity index is 521. The van der Waals surface area contributed by atoms with Crippen LogP contribution in [0.25, 0.3) is 0 Å². The van der Waals surface area contributed by atoms with Crippen LogP contribution in [0.5, 0.6) is 5.75 Å². The maximum absolute atomic E-state index is 12.1. The number of rotatable bonds is 6. The van der Waals surface area contributed by atoms with Crippen LogP contribution in [0.4, 0.5) is 18.9 Å². The van der Waals surface area contributed by atoms with Gasteiger partial charge in [-0.3, -0.25) is 4.79 Å². The first-order valence-electron chi connectivity index (χ1n) is 6.54. The van der Waals surface area contributed by atoms with Crippen LogP contribution in [0.15, 0.2) is 18.2 Å². The van der Waals surface area contributed by atoms with Crippen LogP contribution in [-0.2, 0) is 9.53 Å². The fraction of sp³-hybridized carbons (Fsp3) is 0.500. The number of nitrogens with one attached hydrogen (secondary N) is 1. The lowest BCUT2D eigenvalue weighted by molar-refractivity contribution is -0.184. The smallest absolute Gasteiger partial charge is 0.411 e. The second kappa shape index (κ2) is 7.69. The van der Waals surface area contributed by atoms with Crippen LogP contribution in [0.2, 0.25) is 5.02 Å². The van der Waals surface area contributed by atoms with E-state index in [1.165, 1.54) is 13.0 Å². The summed E-state index contributed by atoms with van der Waals surface area (Å²) in [4.78, 5) is 11.9. The van der Waals surface area contributed by atoms with Crippen molar-refractivity contribution in [1.82, 2.24) is 0 Å². The molecule has 1 atom stereocenters. The minimum atomic E-state index is -4.49. The van der Waals surface area contributed by atoms with Crippen molar-refractivity contribution in [3.8, 4) is 5.75 Å². The zero-order chi connectivity index (χ0) is 16.9. The van der Waals surface area contributed by atoms with Gasteiger partial charge in [0.25, 0.3) is 5.91 Å². The minimum absolute atomic E-state index is 0.186. The van der Waals surface area contributed by atoms with Gasteiger partial charge < -0.3 is 14.8 Å². The fourth-order valence-corrected chi connectivity index (χ4v) is 1.71. The van der Waals surface area contributed by atoms with E-state index in [9.17, 15) is 18.0 Å². The molecule has 0 saturated carbocycles. The van der Waals surface area contributed by atoms with E-state index in [4.69, 9.17) is 16.3 Å². The number of benzene rings is 1. The summed E-state index contributed by atoms with van der Waals surface area (Å²) in [5.74, 6) is -0.462. The van der Waals surface area contributed by atoms with E-state index in [0.29, 0.717) is 0 Å². The highest BCUT2D eigenvalue weighted by molar-refractivity contribution is 6.32. The first-order chi connectivity index (χ1) is 10.1. The summed E-state index contributed by atoms with van der Waals surface area (Å²) >= 11 is 6.00. The van der Waals surface area contributed by atoms with Crippen molar-refractivity contribution >= 4 is 23.2 Å². The van der Waals surface area contributed by atoms with Gasteiger partial charge in [-0.05, 0) is 32.9 Å². The highest BCUT2D eigenvalue weighted by Crippen LogP contribution is 2.33. The Labute approximate surface area is 131 Å². The van der Waals surface area contributed by atoms with Gasteiger partial charge in [-0.2, -0.15) is 13.2 Å². The Morgan fingerprint density at radius 3 is 2.50 bits per heavy atom. The van der Waals surface area contributed by atoms with E-state index in [1.807, 2.05) is 0 Å². The van der Waals surface area contributed by atoms with Crippen molar-refractivity contribution < 1.29 is 27.4 Å². The van der Waals surface area contributed by atoms with Gasteiger partial charge in [0.1, 0.15) is 12.7 Å². The van der Waals surface area contributed by atoms with Gasteiger partial charge in [-0.1, -0.05) is 17.7 Å². The summed E-state index contributed by atoms with van der Waals surface area (Å²) in [5.41, 5.74) is 0.272. The van der Waals surface area contributed by atoms with Crippen molar-refractivity contribution in [1.29, 1.82) is 0 Å². The topological polar surface area (TPSA) is 47.6 Å². The second-order valence-corrected chi connectivity index (χ2v) is 5.25. The van der Waals surface area contributed by atoms with Crippen LogP contribution in [0.3, 0.4) is 0 Å². The molecule has 0 aliphatic carbocycles. The van der Waals surface area contributed by atoms with Crippen LogP contribution in [0.1, 0.15) is 20.8 Å². The zero-order valence-electron chi connectivity index (χ0n) is 12.3. The summed E-state index contributed by atoms with van der Waals surface area (Å²) in [7, 11) is 0. The Morgan fingerprint density at radius 2 is 1.95 bits per heavy atom. The number of carbonyl (C=O) groups is 1. The molecule has 1 aromatic carbocycles. The van der Waals surface area contributed by atoms with Gasteiger partial charge in [0, 0.05) is 0 Å². The molecule has 22 heavy (non-hydrogen) atoms. The molecule has 0 heterocycles. The molecule has 0 aliphatic heterocycles. The lowest BCUT2D eigenvalue weighted by atomic mass is 10.2. The van der Waals surface area contributed by atoms with Crippen molar-refractivity contribution in [2.24, 2.45) is 0 Å². The van der Waals surface area contributed by atoms with Gasteiger partial charge in [0.2, 0.25) is 0 Å². The number of alkyl halides is 3. The van der Waals surface area contributed by atoms with Crippen LogP contribution < -0.4 is 10.1 Å². The molecule has 124 valence electrons. The SMILES string of the molecule is CC(C)Oc1c(Cl)cccc1NC(=O)C(C)OCC(F)(F)F. The van der Waals surface area contributed by atoms with Gasteiger partial charge in [-0.15, -0.1) is 0 Å². The molecule has 4 nitrogen and oxygen atoms in total. The van der Waals surface area contributed by atoms with E-state index >= 15 is 0 Å². The number of hydrogen-bond donors (Lipinski definition) is 1. The average molecular weight is 340 g/mol. The second-order valence-electron chi connectivity index (χ2n) is 4.84. The molecule has 1 N–H and O–H groups in total. The molecule has 0 bridgehead atoms. The predicted octanol–water partition coefficient (Wildman–Crippen LogP) is 4.03. The zero-order valence-corrected chi connectivity index (χ0v) is 13.1. The largest absolute Gasteiger partial charge is 0.487 e. The van der Waals surface area contributed by atoms with Gasteiger partial charge in [0.15, 0.2) is 5.75 Å². The highest BCUT2D eigenvalue weighted by Gasteiger charge is 2.30. The maximum Gasteiger partial charge on any atom is 0.411 e. The molecule has 0 radical (unpaired) electrons. The van der Waals surface area contributed by atoms with Crippen molar-refractivity contribution in [2.75, 3.05) is 11.9 Å². The molecule has 0 aliphatic rings. The summed E-state index contributed by atoms with van der Waals surface area (Å²) < 4.78 is 46.2. The third-order valence-electron chi connectivity index (χ3n) is 2.44. The van der Waals surface area contributed by atoms with Crippen LogP contribution in [0, 0.1) is 0 Å². The quantitative estimate of drug-likeness (QED) is 0.851. The number of amides is 1. The molecule has 0 fully saturated rings. The van der Waals surface area contributed by atoms with E-state index in [1.54, 1.807) is 26.0 Å². The molecule has 8 heteroatoms. The first-order valence-corrected chi connectivity index (χ1v) is 6.92. The minimum Gasteiger partial charge on any atom is -0.487 e. The lowest BCUT2D eigenvalue weighted by Crippen LogP contribution is -2.31. The van der Waals surface area contributed by atoms with Crippen molar-refractivity contribution in [3.63, 3.8) is 0 Å². The first kappa shape index (κ1) is 18.6. The normalized spacial score (nSPS) is 13.1. The number of ether oxygens (including phenoxy) is 2. The summed E-state index contributed by atoms with van der Waals surface area (Å²) in [6.45, 7) is 3.30. The third kappa shape index (κ3) is 6.11. The van der Waals surface area contributed by atoms with E-state index in [2.05, 4.69) is 10.1 Å². The number of halogens is 4. The van der Waals surface area contributed by atoms with Crippen LogP contribution >= 0.6 is 11.6 Å². The Morgan fingerprint density at radius 1 is 1.32 bits per heavy atom. The molecule has 1 aromatic rings. The number of carbonyl (C=O) groups excluding carboxylic acids is 1. The molecular weight excluding hydrogens is 323 g/mol. The molecular formula is C14H17ClF3NO3. The van der Waals surface area contributed by atoms with Gasteiger partial charge in [0.05, 0.1) is 16.8 Å². The molecule has 0 saturated heterocycles. The number of para-hydroxylation sites is 1.